The SMILES string of the molecule is CNCc1cn(Sc2ccc(OC(F)F)cc2)c2cc(Cc3ccc(OC)nc3Cl)ccc12. The van der Waals surface area contributed by atoms with Gasteiger partial charge in [-0.25, -0.2) is 4.98 Å². The molecular weight excluding hydrogens is 468 g/mol. The van der Waals surface area contributed by atoms with Crippen LogP contribution in [0.4, 0.5) is 8.78 Å². The van der Waals surface area contributed by atoms with E-state index in [0.717, 1.165) is 39.0 Å². The molecule has 1 N–H and O–H groups in total. The van der Waals surface area contributed by atoms with Gasteiger partial charge in [0.2, 0.25) is 5.88 Å². The maximum absolute atomic E-state index is 12.4. The van der Waals surface area contributed by atoms with Crippen molar-refractivity contribution in [2.24, 2.45) is 0 Å². The van der Waals surface area contributed by atoms with Crippen molar-refractivity contribution in [3.8, 4) is 11.6 Å². The zero-order chi connectivity index (χ0) is 23.4. The fourth-order valence-electron chi connectivity index (χ4n) is 3.54. The van der Waals surface area contributed by atoms with Gasteiger partial charge in [-0.1, -0.05) is 29.8 Å². The second kappa shape index (κ2) is 10.4. The van der Waals surface area contributed by atoms with Crippen molar-refractivity contribution in [2.75, 3.05) is 14.2 Å². The number of benzene rings is 2. The summed E-state index contributed by atoms with van der Waals surface area (Å²) >= 11 is 7.84. The lowest BCUT2D eigenvalue weighted by molar-refractivity contribution is -0.0498. The van der Waals surface area contributed by atoms with Crippen molar-refractivity contribution in [1.82, 2.24) is 14.3 Å². The Hall–Kier alpha value is -2.81. The lowest BCUT2D eigenvalue weighted by Crippen LogP contribution is -2.04. The summed E-state index contributed by atoms with van der Waals surface area (Å²) in [5.74, 6) is 0.612. The van der Waals surface area contributed by atoms with Crippen LogP contribution in [-0.4, -0.2) is 29.7 Å². The zero-order valence-electron chi connectivity index (χ0n) is 18.0. The number of hydrogen-bond donors (Lipinski definition) is 1. The summed E-state index contributed by atoms with van der Waals surface area (Å²) in [6, 6.07) is 16.7. The largest absolute Gasteiger partial charge is 0.481 e. The molecular formula is C24H22ClF2N3O2S. The number of pyridine rings is 1. The van der Waals surface area contributed by atoms with E-state index >= 15 is 0 Å². The van der Waals surface area contributed by atoms with Gasteiger partial charge >= 0.3 is 6.61 Å². The molecule has 2 aromatic carbocycles. The first-order chi connectivity index (χ1) is 16.0. The molecule has 0 bridgehead atoms. The summed E-state index contributed by atoms with van der Waals surface area (Å²) in [6.45, 7) is -2.12. The summed E-state index contributed by atoms with van der Waals surface area (Å²) < 4.78 is 36.5. The van der Waals surface area contributed by atoms with Crippen molar-refractivity contribution >= 4 is 34.5 Å². The molecule has 0 atom stereocenters. The van der Waals surface area contributed by atoms with E-state index in [9.17, 15) is 8.78 Å². The zero-order valence-corrected chi connectivity index (χ0v) is 19.6. The van der Waals surface area contributed by atoms with Crippen LogP contribution in [0.3, 0.4) is 0 Å². The molecule has 0 saturated carbocycles. The normalized spacial score (nSPS) is 11.3. The Bertz CT molecular complexity index is 1250. The first-order valence-corrected chi connectivity index (χ1v) is 11.3. The smallest absolute Gasteiger partial charge is 0.387 e. The lowest BCUT2D eigenvalue weighted by atomic mass is 10.0. The van der Waals surface area contributed by atoms with E-state index in [1.165, 1.54) is 11.9 Å². The van der Waals surface area contributed by atoms with Gasteiger partial charge in [0.15, 0.2) is 0 Å². The van der Waals surface area contributed by atoms with E-state index in [-0.39, 0.29) is 5.75 Å². The molecule has 4 aromatic rings. The van der Waals surface area contributed by atoms with Gasteiger partial charge in [0, 0.05) is 35.5 Å². The topological polar surface area (TPSA) is 48.3 Å². The first-order valence-electron chi connectivity index (χ1n) is 10.2. The summed E-state index contributed by atoms with van der Waals surface area (Å²) in [6.07, 6.45) is 2.71. The summed E-state index contributed by atoms with van der Waals surface area (Å²) in [5, 5.41) is 4.76. The highest BCUT2D eigenvalue weighted by Crippen LogP contribution is 2.32. The van der Waals surface area contributed by atoms with Gasteiger partial charge in [0.25, 0.3) is 0 Å². The number of ether oxygens (including phenoxy) is 2. The Morgan fingerprint density at radius 2 is 1.88 bits per heavy atom. The van der Waals surface area contributed by atoms with Crippen LogP contribution in [0.1, 0.15) is 16.7 Å². The summed E-state index contributed by atoms with van der Waals surface area (Å²) in [5.41, 5.74) is 4.21. The van der Waals surface area contributed by atoms with Gasteiger partial charge < -0.3 is 14.8 Å². The quantitative estimate of drug-likeness (QED) is 0.285. The standard InChI is InChI=1S/C24H22ClF2N3O2S/c1-28-13-17-14-30(33-19-7-5-18(6-8-19)32-24(26)27)21-12-15(3-9-20(17)21)11-16-4-10-22(31-2)29-23(16)25/h3-10,12,14,24,28H,11,13H2,1-2H3. The minimum absolute atomic E-state index is 0.134. The highest BCUT2D eigenvalue weighted by Gasteiger charge is 2.13. The summed E-state index contributed by atoms with van der Waals surface area (Å²) in [4.78, 5) is 5.15. The maximum atomic E-state index is 12.4. The van der Waals surface area contributed by atoms with Crippen LogP contribution in [0.15, 0.2) is 65.7 Å². The molecule has 4 rings (SSSR count). The summed E-state index contributed by atoms with van der Waals surface area (Å²) in [7, 11) is 3.46. The lowest BCUT2D eigenvalue weighted by Gasteiger charge is -2.09. The molecule has 2 heterocycles. The van der Waals surface area contributed by atoms with E-state index in [4.69, 9.17) is 16.3 Å². The molecule has 0 aliphatic rings. The monoisotopic (exact) mass is 489 g/mol. The molecule has 0 unspecified atom stereocenters. The molecule has 0 aliphatic heterocycles. The van der Waals surface area contributed by atoms with Crippen molar-refractivity contribution in [3.63, 3.8) is 0 Å². The van der Waals surface area contributed by atoms with Gasteiger partial charge in [0.05, 0.1) is 12.6 Å². The van der Waals surface area contributed by atoms with Gasteiger partial charge in [-0.15, -0.1) is 0 Å². The molecule has 0 saturated heterocycles. The van der Waals surface area contributed by atoms with E-state index in [0.29, 0.717) is 17.5 Å². The fourth-order valence-corrected chi connectivity index (χ4v) is 4.66. The molecule has 5 nitrogen and oxygen atoms in total. The number of aromatic nitrogens is 2. The number of hydrogen-bond acceptors (Lipinski definition) is 5. The van der Waals surface area contributed by atoms with Crippen LogP contribution >= 0.6 is 23.5 Å². The van der Waals surface area contributed by atoms with Crippen LogP contribution in [-0.2, 0) is 13.0 Å². The van der Waals surface area contributed by atoms with Crippen molar-refractivity contribution in [3.05, 3.63) is 82.6 Å². The number of fused-ring (bicyclic) bond motifs is 1. The third-order valence-corrected chi connectivity index (χ3v) is 6.35. The van der Waals surface area contributed by atoms with Gasteiger partial charge in [-0.05, 0) is 66.0 Å². The molecule has 9 heteroatoms. The van der Waals surface area contributed by atoms with Crippen LogP contribution in [0.25, 0.3) is 10.9 Å². The molecule has 0 amide bonds. The molecule has 33 heavy (non-hydrogen) atoms. The number of rotatable bonds is 9. The second-order valence-corrected chi connectivity index (χ2v) is 8.69. The van der Waals surface area contributed by atoms with Crippen LogP contribution < -0.4 is 14.8 Å². The minimum atomic E-state index is -2.84. The van der Waals surface area contributed by atoms with E-state index in [1.807, 2.05) is 13.1 Å². The highest BCUT2D eigenvalue weighted by molar-refractivity contribution is 7.98. The molecule has 2 aromatic heterocycles. The Kier molecular flexibility index (Phi) is 7.37. The van der Waals surface area contributed by atoms with Crippen LogP contribution in [0.5, 0.6) is 11.6 Å². The number of alkyl halides is 2. The Labute approximate surface area is 199 Å². The Morgan fingerprint density at radius 1 is 1.09 bits per heavy atom. The average molecular weight is 490 g/mol. The predicted molar refractivity (Wildman–Crippen MR) is 128 cm³/mol. The molecule has 0 spiro atoms. The molecule has 0 aliphatic carbocycles. The van der Waals surface area contributed by atoms with E-state index < -0.39 is 6.61 Å². The number of nitrogens with zero attached hydrogens (tertiary/aromatic N) is 2. The molecule has 0 radical (unpaired) electrons. The fraction of sp³-hybridized carbons (Fsp3) is 0.208. The predicted octanol–water partition coefficient (Wildman–Crippen LogP) is 6.17. The van der Waals surface area contributed by atoms with Crippen LogP contribution in [0.2, 0.25) is 5.15 Å². The Balaban J connectivity index is 1.64. The number of nitrogens with one attached hydrogen (secondary N) is 1. The van der Waals surface area contributed by atoms with Crippen molar-refractivity contribution < 1.29 is 18.3 Å². The van der Waals surface area contributed by atoms with Gasteiger partial charge in [-0.2, -0.15) is 8.78 Å². The maximum Gasteiger partial charge on any atom is 0.387 e. The van der Waals surface area contributed by atoms with Gasteiger partial charge in [0.1, 0.15) is 10.9 Å². The average Bonchev–Trinajstić information content (AvgIpc) is 3.13. The van der Waals surface area contributed by atoms with E-state index in [2.05, 4.69) is 43.4 Å². The third-order valence-electron chi connectivity index (χ3n) is 5.04. The third kappa shape index (κ3) is 5.58. The van der Waals surface area contributed by atoms with E-state index in [1.54, 1.807) is 37.4 Å². The van der Waals surface area contributed by atoms with Crippen molar-refractivity contribution in [2.45, 2.75) is 24.5 Å². The number of halogens is 3. The van der Waals surface area contributed by atoms with Crippen LogP contribution in [0, 0.1) is 0 Å². The van der Waals surface area contributed by atoms with Crippen molar-refractivity contribution in [1.29, 1.82) is 0 Å². The minimum Gasteiger partial charge on any atom is -0.481 e. The molecule has 0 fully saturated rings. The Morgan fingerprint density at radius 3 is 2.55 bits per heavy atom. The number of methoxy groups -OCH3 is 1. The van der Waals surface area contributed by atoms with Gasteiger partial charge in [-0.3, -0.25) is 3.97 Å². The highest BCUT2D eigenvalue weighted by atomic mass is 35.5. The second-order valence-electron chi connectivity index (χ2n) is 7.28. The molecule has 172 valence electrons. The first kappa shape index (κ1) is 23.4.